The van der Waals surface area contributed by atoms with Crippen LogP contribution in [0.4, 0.5) is 0 Å². The highest BCUT2D eigenvalue weighted by atomic mass is 16.6. The van der Waals surface area contributed by atoms with Crippen LogP contribution in [0.2, 0.25) is 0 Å². The summed E-state index contributed by atoms with van der Waals surface area (Å²) in [5, 5.41) is 0. The molecule has 0 aliphatic rings. The van der Waals surface area contributed by atoms with E-state index in [1.54, 1.807) is 0 Å². The monoisotopic (exact) mass is 803 g/mol. The second-order valence-corrected chi connectivity index (χ2v) is 14.7. The minimum absolute atomic E-state index is 0.100. The van der Waals surface area contributed by atoms with Gasteiger partial charge in [0.25, 0.3) is 0 Å². The maximum atomic E-state index is 12.7. The van der Waals surface area contributed by atoms with Gasteiger partial charge in [-0.05, 0) is 64.2 Å². The molecule has 0 saturated carbocycles. The van der Waals surface area contributed by atoms with E-state index >= 15 is 0 Å². The number of unbranched alkanes of at least 4 members (excludes halogenated alkanes) is 16. The predicted octanol–water partition coefficient (Wildman–Crippen LogP) is 14.8. The molecule has 0 N–H and O–H groups in total. The lowest BCUT2D eigenvalue weighted by Crippen LogP contribution is -2.30. The van der Waals surface area contributed by atoms with Gasteiger partial charge in [0.2, 0.25) is 0 Å². The average molecular weight is 803 g/mol. The van der Waals surface area contributed by atoms with Gasteiger partial charge in [0, 0.05) is 19.3 Å². The van der Waals surface area contributed by atoms with Gasteiger partial charge < -0.3 is 14.2 Å². The summed E-state index contributed by atoms with van der Waals surface area (Å²) in [5.74, 6) is -0.976. The molecule has 0 rings (SSSR count). The molecular weight excluding hydrogens is 721 g/mol. The summed E-state index contributed by atoms with van der Waals surface area (Å²) in [5.41, 5.74) is 0. The average Bonchev–Trinajstić information content (AvgIpc) is 3.22. The molecular formula is C52H82O6. The Balaban J connectivity index is 4.49. The van der Waals surface area contributed by atoms with E-state index in [1.807, 2.05) is 72.9 Å². The van der Waals surface area contributed by atoms with Crippen molar-refractivity contribution in [1.29, 1.82) is 0 Å². The molecule has 0 aliphatic heterocycles. The van der Waals surface area contributed by atoms with Crippen LogP contribution in [0.15, 0.2) is 109 Å². The first-order valence-corrected chi connectivity index (χ1v) is 23.0. The van der Waals surface area contributed by atoms with Crippen molar-refractivity contribution in [1.82, 2.24) is 0 Å². The molecule has 0 aromatic carbocycles. The molecule has 0 spiro atoms. The molecule has 0 aromatic rings. The third-order valence-electron chi connectivity index (χ3n) is 9.22. The number of rotatable bonds is 39. The van der Waals surface area contributed by atoms with Gasteiger partial charge in [-0.2, -0.15) is 0 Å². The summed E-state index contributed by atoms with van der Waals surface area (Å²) < 4.78 is 16.6. The van der Waals surface area contributed by atoms with Crippen LogP contribution < -0.4 is 0 Å². The molecule has 0 radical (unpaired) electrons. The van der Waals surface area contributed by atoms with Crippen LogP contribution in [0, 0.1) is 0 Å². The van der Waals surface area contributed by atoms with Crippen LogP contribution in [0.5, 0.6) is 0 Å². The van der Waals surface area contributed by atoms with E-state index in [0.717, 1.165) is 103 Å². The molecule has 1 atom stereocenters. The Bertz CT molecular complexity index is 1240. The molecule has 58 heavy (non-hydrogen) atoms. The van der Waals surface area contributed by atoms with Gasteiger partial charge in [0.05, 0.1) is 0 Å². The number of carbonyl (C=O) groups is 3. The largest absolute Gasteiger partial charge is 0.462 e. The topological polar surface area (TPSA) is 78.9 Å². The molecule has 1 unspecified atom stereocenters. The SMILES string of the molecule is CC\C=C/C=C\C=C/C=C\C=C\C=C/C=C\CCCCCC(=O)OCC(COC(=O)CCCCCCCCCCC)OC(=O)CCCCCCC/C=C\C/C=C\CC. The summed E-state index contributed by atoms with van der Waals surface area (Å²) in [6, 6.07) is 0. The van der Waals surface area contributed by atoms with E-state index in [4.69, 9.17) is 14.2 Å². The molecule has 6 nitrogen and oxygen atoms in total. The quantitative estimate of drug-likeness (QED) is 0.0202. The molecule has 326 valence electrons. The normalized spacial score (nSPS) is 13.1. The van der Waals surface area contributed by atoms with Gasteiger partial charge in [0.15, 0.2) is 6.10 Å². The maximum absolute atomic E-state index is 12.7. The van der Waals surface area contributed by atoms with Crippen LogP contribution in [-0.4, -0.2) is 37.2 Å². The van der Waals surface area contributed by atoms with E-state index < -0.39 is 6.10 Å². The zero-order valence-electron chi connectivity index (χ0n) is 37.0. The van der Waals surface area contributed by atoms with Gasteiger partial charge in [-0.25, -0.2) is 0 Å². The lowest BCUT2D eigenvalue weighted by molar-refractivity contribution is -0.167. The minimum Gasteiger partial charge on any atom is -0.462 e. The van der Waals surface area contributed by atoms with Gasteiger partial charge >= 0.3 is 17.9 Å². The Kier molecular flexibility index (Phi) is 42.7. The van der Waals surface area contributed by atoms with Gasteiger partial charge in [-0.1, -0.05) is 207 Å². The highest BCUT2D eigenvalue weighted by Gasteiger charge is 2.19. The van der Waals surface area contributed by atoms with Crippen molar-refractivity contribution < 1.29 is 28.6 Å². The van der Waals surface area contributed by atoms with E-state index in [2.05, 4.69) is 57.2 Å². The fourth-order valence-corrected chi connectivity index (χ4v) is 5.81. The lowest BCUT2D eigenvalue weighted by atomic mass is 10.1. The Hall–Kier alpha value is -3.93. The van der Waals surface area contributed by atoms with Crippen LogP contribution in [0.25, 0.3) is 0 Å². The molecule has 0 saturated heterocycles. The van der Waals surface area contributed by atoms with Gasteiger partial charge in [0.1, 0.15) is 13.2 Å². The number of esters is 3. The van der Waals surface area contributed by atoms with Crippen LogP contribution in [-0.2, 0) is 28.6 Å². The fraction of sp³-hybridized carbons (Fsp3) is 0.596. The Morgan fingerprint density at radius 3 is 1.26 bits per heavy atom. The van der Waals surface area contributed by atoms with E-state index in [9.17, 15) is 14.4 Å². The zero-order valence-corrected chi connectivity index (χ0v) is 37.0. The highest BCUT2D eigenvalue weighted by Crippen LogP contribution is 2.13. The standard InChI is InChI=1S/C52H82O6/c1-4-7-10-13-16-19-21-23-24-25-26-27-28-29-31-33-36-39-42-45-51(54)57-48-49(47-56-50(53)44-41-38-35-32-18-15-12-9-6-3)58-52(55)46-43-40-37-34-30-22-20-17-14-11-8-5-2/h7-8,10-11,13,16-17,19-21,23-29,31,49H,4-6,9,12,14-15,18,22,30,32-48H2,1-3H3/b10-7-,11-8-,16-13-,20-17-,21-19-,24-23-,26-25+,28-27-,31-29-. The number of hydrogen-bond acceptors (Lipinski definition) is 6. The summed E-state index contributed by atoms with van der Waals surface area (Å²) in [7, 11) is 0. The van der Waals surface area contributed by atoms with Crippen molar-refractivity contribution >= 4 is 17.9 Å². The second kappa shape index (κ2) is 45.8. The first kappa shape index (κ1) is 54.1. The van der Waals surface area contributed by atoms with Crippen LogP contribution in [0.1, 0.15) is 181 Å². The number of allylic oxidation sites excluding steroid dienone is 18. The van der Waals surface area contributed by atoms with E-state index in [0.29, 0.717) is 19.3 Å². The molecule has 0 aromatic heterocycles. The molecule has 6 heteroatoms. The van der Waals surface area contributed by atoms with Gasteiger partial charge in [-0.3, -0.25) is 14.4 Å². The highest BCUT2D eigenvalue weighted by molar-refractivity contribution is 5.71. The Morgan fingerprint density at radius 1 is 0.379 bits per heavy atom. The summed E-state index contributed by atoms with van der Waals surface area (Å²) in [6.07, 6.45) is 60.7. The second-order valence-electron chi connectivity index (χ2n) is 14.7. The molecule has 0 aliphatic carbocycles. The van der Waals surface area contributed by atoms with Crippen molar-refractivity contribution in [3.8, 4) is 0 Å². The number of carbonyl (C=O) groups excluding carboxylic acids is 3. The summed E-state index contributed by atoms with van der Waals surface area (Å²) in [6.45, 7) is 6.28. The minimum atomic E-state index is -0.802. The third kappa shape index (κ3) is 43.2. The van der Waals surface area contributed by atoms with E-state index in [1.165, 1.54) is 38.5 Å². The number of hydrogen-bond donors (Lipinski definition) is 0. The third-order valence-corrected chi connectivity index (χ3v) is 9.22. The summed E-state index contributed by atoms with van der Waals surface area (Å²) >= 11 is 0. The zero-order chi connectivity index (χ0) is 42.3. The van der Waals surface area contributed by atoms with Crippen molar-refractivity contribution in [2.45, 2.75) is 187 Å². The first-order valence-electron chi connectivity index (χ1n) is 23.0. The fourth-order valence-electron chi connectivity index (χ4n) is 5.81. The Morgan fingerprint density at radius 2 is 0.759 bits per heavy atom. The maximum Gasteiger partial charge on any atom is 0.306 e. The van der Waals surface area contributed by atoms with Crippen molar-refractivity contribution in [3.05, 3.63) is 109 Å². The van der Waals surface area contributed by atoms with Crippen LogP contribution >= 0.6 is 0 Å². The van der Waals surface area contributed by atoms with Crippen molar-refractivity contribution in [2.24, 2.45) is 0 Å². The summed E-state index contributed by atoms with van der Waals surface area (Å²) in [4.78, 5) is 37.7. The Labute approximate surface area is 355 Å². The van der Waals surface area contributed by atoms with E-state index in [-0.39, 0.29) is 31.1 Å². The molecule has 0 amide bonds. The van der Waals surface area contributed by atoms with Gasteiger partial charge in [-0.15, -0.1) is 0 Å². The molecule has 0 heterocycles. The van der Waals surface area contributed by atoms with Crippen molar-refractivity contribution in [2.75, 3.05) is 13.2 Å². The molecule has 0 bridgehead atoms. The van der Waals surface area contributed by atoms with Crippen LogP contribution in [0.3, 0.4) is 0 Å². The smallest absolute Gasteiger partial charge is 0.306 e. The first-order chi connectivity index (χ1) is 28.5. The molecule has 0 fully saturated rings. The lowest BCUT2D eigenvalue weighted by Gasteiger charge is -2.18. The predicted molar refractivity (Wildman–Crippen MR) is 247 cm³/mol. The van der Waals surface area contributed by atoms with Crippen molar-refractivity contribution in [3.63, 3.8) is 0 Å². The number of ether oxygens (including phenoxy) is 3.